The van der Waals surface area contributed by atoms with Crippen LogP contribution in [0.2, 0.25) is 0 Å². The van der Waals surface area contributed by atoms with Crippen LogP contribution in [0.25, 0.3) is 11.3 Å². The summed E-state index contributed by atoms with van der Waals surface area (Å²) in [5, 5.41) is 14.6. The maximum absolute atomic E-state index is 4.23. The van der Waals surface area contributed by atoms with Crippen molar-refractivity contribution in [2.24, 2.45) is 0 Å². The third-order valence-corrected chi connectivity index (χ3v) is 3.28. The van der Waals surface area contributed by atoms with Gasteiger partial charge in [-0.2, -0.15) is 15.4 Å². The van der Waals surface area contributed by atoms with Gasteiger partial charge < -0.3 is 10.2 Å². The Kier molecular flexibility index (Phi) is 4.65. The first-order chi connectivity index (χ1) is 9.18. The average molecular weight is 259 g/mol. The van der Waals surface area contributed by atoms with Crippen molar-refractivity contribution in [3.05, 3.63) is 36.0 Å². The van der Waals surface area contributed by atoms with Gasteiger partial charge in [0.15, 0.2) is 0 Å². The first kappa shape index (κ1) is 13.7. The van der Waals surface area contributed by atoms with Crippen molar-refractivity contribution in [1.29, 1.82) is 0 Å². The summed E-state index contributed by atoms with van der Waals surface area (Å²) in [6.07, 6.45) is 0. The zero-order chi connectivity index (χ0) is 13.7. The van der Waals surface area contributed by atoms with E-state index in [0.29, 0.717) is 6.04 Å². The molecule has 19 heavy (non-hydrogen) atoms. The summed E-state index contributed by atoms with van der Waals surface area (Å²) in [7, 11) is 4.16. The molecule has 1 atom stereocenters. The van der Waals surface area contributed by atoms with Crippen LogP contribution < -0.4 is 5.32 Å². The molecule has 2 rings (SSSR count). The van der Waals surface area contributed by atoms with E-state index in [9.17, 15) is 0 Å². The van der Waals surface area contributed by atoms with Gasteiger partial charge in [-0.15, -0.1) is 0 Å². The molecule has 2 N–H and O–H groups in total. The molecule has 102 valence electrons. The van der Waals surface area contributed by atoms with Gasteiger partial charge in [-0.25, -0.2) is 0 Å². The monoisotopic (exact) mass is 259 g/mol. The summed E-state index contributed by atoms with van der Waals surface area (Å²) in [5.41, 5.74) is 2.97. The fourth-order valence-electron chi connectivity index (χ4n) is 1.79. The maximum atomic E-state index is 4.23. The molecule has 0 spiro atoms. The number of rotatable bonds is 6. The Hall–Kier alpha value is -1.72. The molecule has 0 bridgehead atoms. The van der Waals surface area contributed by atoms with E-state index in [1.54, 1.807) is 0 Å². The van der Waals surface area contributed by atoms with Crippen LogP contribution in [0.3, 0.4) is 0 Å². The molecule has 0 amide bonds. The van der Waals surface area contributed by atoms with Gasteiger partial charge in [-0.05, 0) is 21.0 Å². The third-order valence-electron chi connectivity index (χ3n) is 3.28. The molecule has 0 radical (unpaired) electrons. The van der Waals surface area contributed by atoms with Crippen molar-refractivity contribution in [3.63, 3.8) is 0 Å². The molecule has 0 saturated carbocycles. The van der Waals surface area contributed by atoms with Crippen LogP contribution >= 0.6 is 0 Å². The zero-order valence-corrected chi connectivity index (χ0v) is 11.7. The number of hydrogen-bond acceptors (Lipinski definition) is 4. The lowest BCUT2D eigenvalue weighted by molar-refractivity contribution is 0.302. The number of nitrogens with zero attached hydrogens (tertiary/aromatic N) is 3. The van der Waals surface area contributed by atoms with E-state index in [4.69, 9.17) is 0 Å². The van der Waals surface area contributed by atoms with E-state index in [2.05, 4.69) is 46.6 Å². The van der Waals surface area contributed by atoms with Crippen molar-refractivity contribution in [3.8, 4) is 11.3 Å². The molecular weight excluding hydrogens is 238 g/mol. The van der Waals surface area contributed by atoms with Gasteiger partial charge in [0.1, 0.15) is 11.4 Å². The highest BCUT2D eigenvalue weighted by molar-refractivity contribution is 5.60. The lowest BCUT2D eigenvalue weighted by Gasteiger charge is -2.19. The molecule has 0 aliphatic heterocycles. The quantitative estimate of drug-likeness (QED) is 0.825. The second kappa shape index (κ2) is 6.45. The van der Waals surface area contributed by atoms with Crippen molar-refractivity contribution in [1.82, 2.24) is 25.6 Å². The van der Waals surface area contributed by atoms with Crippen LogP contribution in [0.5, 0.6) is 0 Å². The maximum Gasteiger partial charge on any atom is 0.117 e. The Bertz CT molecular complexity index is 492. The fourth-order valence-corrected chi connectivity index (χ4v) is 1.79. The number of aromatic amines is 1. The van der Waals surface area contributed by atoms with Crippen LogP contribution in [-0.2, 0) is 6.54 Å². The number of nitrogens with one attached hydrogen (secondary N) is 2. The number of aromatic nitrogens is 3. The fraction of sp³-hybridized carbons (Fsp3) is 0.429. The molecule has 0 aliphatic rings. The molecule has 1 aromatic carbocycles. The Morgan fingerprint density at radius 3 is 2.63 bits per heavy atom. The minimum absolute atomic E-state index is 0.493. The van der Waals surface area contributed by atoms with E-state index < -0.39 is 0 Å². The predicted octanol–water partition coefficient (Wildman–Crippen LogP) is 1.51. The molecule has 2 aromatic rings. The molecule has 5 heteroatoms. The Balaban J connectivity index is 1.97. The first-order valence-corrected chi connectivity index (χ1v) is 6.50. The van der Waals surface area contributed by atoms with Gasteiger partial charge in [0.2, 0.25) is 0 Å². The van der Waals surface area contributed by atoms with Gasteiger partial charge in [0, 0.05) is 24.7 Å². The normalized spacial score (nSPS) is 12.8. The third kappa shape index (κ3) is 3.62. The van der Waals surface area contributed by atoms with E-state index in [-0.39, 0.29) is 0 Å². The first-order valence-electron chi connectivity index (χ1n) is 6.50. The lowest BCUT2D eigenvalue weighted by atomic mass is 10.1. The molecule has 0 fully saturated rings. The van der Waals surface area contributed by atoms with E-state index in [1.165, 1.54) is 0 Å². The zero-order valence-electron chi connectivity index (χ0n) is 11.7. The topological polar surface area (TPSA) is 56.8 Å². The summed E-state index contributed by atoms with van der Waals surface area (Å²) >= 11 is 0. The summed E-state index contributed by atoms with van der Waals surface area (Å²) < 4.78 is 0. The number of likely N-dealkylation sites (N-methyl/N-ethyl adjacent to an activating group) is 1. The Morgan fingerprint density at radius 2 is 1.95 bits per heavy atom. The second-order valence-electron chi connectivity index (χ2n) is 4.93. The molecular formula is C14H21N5. The van der Waals surface area contributed by atoms with Crippen molar-refractivity contribution >= 4 is 0 Å². The minimum Gasteiger partial charge on any atom is -0.309 e. The van der Waals surface area contributed by atoms with Gasteiger partial charge in [0.25, 0.3) is 0 Å². The summed E-state index contributed by atoms with van der Waals surface area (Å²) in [5.74, 6) is 0. The second-order valence-corrected chi connectivity index (χ2v) is 4.93. The summed E-state index contributed by atoms with van der Waals surface area (Å²) in [6, 6.07) is 10.6. The van der Waals surface area contributed by atoms with E-state index in [1.807, 2.05) is 30.3 Å². The molecule has 1 heterocycles. The van der Waals surface area contributed by atoms with Crippen LogP contribution in [0.1, 0.15) is 12.6 Å². The van der Waals surface area contributed by atoms with Gasteiger partial charge >= 0.3 is 0 Å². The lowest BCUT2D eigenvalue weighted by Crippen LogP contribution is -2.35. The van der Waals surface area contributed by atoms with Crippen LogP contribution in [0, 0.1) is 0 Å². The largest absolute Gasteiger partial charge is 0.309 e. The number of H-pyrrole nitrogens is 1. The molecule has 0 saturated heterocycles. The SMILES string of the molecule is CC(CNCc1n[nH]nc1-c1ccccc1)N(C)C. The van der Waals surface area contributed by atoms with Gasteiger partial charge in [-0.1, -0.05) is 30.3 Å². The van der Waals surface area contributed by atoms with Crippen LogP contribution in [-0.4, -0.2) is 47.0 Å². The Morgan fingerprint density at radius 1 is 1.21 bits per heavy atom. The molecule has 1 unspecified atom stereocenters. The smallest absolute Gasteiger partial charge is 0.117 e. The van der Waals surface area contributed by atoms with Crippen molar-refractivity contribution in [2.75, 3.05) is 20.6 Å². The van der Waals surface area contributed by atoms with Crippen molar-refractivity contribution < 1.29 is 0 Å². The van der Waals surface area contributed by atoms with E-state index >= 15 is 0 Å². The van der Waals surface area contributed by atoms with Gasteiger partial charge in [-0.3, -0.25) is 0 Å². The number of benzene rings is 1. The highest BCUT2D eigenvalue weighted by atomic mass is 15.3. The molecule has 0 aliphatic carbocycles. The standard InChI is InChI=1S/C14H21N5/c1-11(19(2)3)9-15-10-13-14(17-18-16-13)12-7-5-4-6-8-12/h4-8,11,15H,9-10H2,1-3H3,(H,16,17,18). The molecule has 1 aromatic heterocycles. The van der Waals surface area contributed by atoms with Gasteiger partial charge in [0.05, 0.1) is 0 Å². The van der Waals surface area contributed by atoms with Crippen LogP contribution in [0.4, 0.5) is 0 Å². The van der Waals surface area contributed by atoms with Crippen molar-refractivity contribution in [2.45, 2.75) is 19.5 Å². The molecule has 5 nitrogen and oxygen atoms in total. The summed E-state index contributed by atoms with van der Waals surface area (Å²) in [6.45, 7) is 3.83. The predicted molar refractivity (Wildman–Crippen MR) is 76.7 cm³/mol. The van der Waals surface area contributed by atoms with E-state index in [0.717, 1.165) is 30.0 Å². The average Bonchev–Trinajstić information content (AvgIpc) is 2.88. The number of hydrogen-bond donors (Lipinski definition) is 2. The highest BCUT2D eigenvalue weighted by Gasteiger charge is 2.10. The Labute approximate surface area is 114 Å². The highest BCUT2D eigenvalue weighted by Crippen LogP contribution is 2.18. The minimum atomic E-state index is 0.493. The van der Waals surface area contributed by atoms with Crippen LogP contribution in [0.15, 0.2) is 30.3 Å². The summed E-state index contributed by atoms with van der Waals surface area (Å²) in [4.78, 5) is 2.19.